The van der Waals surface area contributed by atoms with Crippen molar-refractivity contribution in [2.45, 2.75) is 6.04 Å². The molecular formula is C17H18ClN3O3. The van der Waals surface area contributed by atoms with Gasteiger partial charge in [-0.2, -0.15) is 0 Å². The molecule has 0 aliphatic carbocycles. The molecule has 0 unspecified atom stereocenters. The summed E-state index contributed by atoms with van der Waals surface area (Å²) < 4.78 is 5.56. The standard InChI is InChI=1S/C17H18ClN3O3/c18-13-6-8-14(9-7-13)24-11-10-20-15(16(22)21-17(19)23)12-4-2-1-3-5-12/h1-9,15,20H,10-11H2,(H3,19,21,22,23)/t15-/m0/s1. The molecule has 0 spiro atoms. The minimum atomic E-state index is -0.889. The second-order valence-corrected chi connectivity index (χ2v) is 5.39. The first-order valence-electron chi connectivity index (χ1n) is 7.33. The molecule has 24 heavy (non-hydrogen) atoms. The van der Waals surface area contributed by atoms with Crippen LogP contribution in [0.15, 0.2) is 54.6 Å². The fourth-order valence-electron chi connectivity index (χ4n) is 2.10. The SMILES string of the molecule is NC(=O)NC(=O)[C@@H](NCCOc1ccc(Cl)cc1)c1ccccc1. The quantitative estimate of drug-likeness (QED) is 0.670. The number of benzene rings is 2. The first kappa shape index (κ1) is 17.8. The van der Waals surface area contributed by atoms with Crippen molar-refractivity contribution in [3.63, 3.8) is 0 Å². The van der Waals surface area contributed by atoms with Gasteiger partial charge in [-0.25, -0.2) is 4.79 Å². The Balaban J connectivity index is 1.92. The Bertz CT molecular complexity index is 677. The highest BCUT2D eigenvalue weighted by molar-refractivity contribution is 6.30. The van der Waals surface area contributed by atoms with Gasteiger partial charge in [-0.05, 0) is 29.8 Å². The fraction of sp³-hybridized carbons (Fsp3) is 0.176. The molecule has 0 saturated carbocycles. The van der Waals surface area contributed by atoms with Gasteiger partial charge in [0.1, 0.15) is 18.4 Å². The third-order valence-corrected chi connectivity index (χ3v) is 3.43. The highest BCUT2D eigenvalue weighted by Crippen LogP contribution is 2.16. The smallest absolute Gasteiger partial charge is 0.318 e. The maximum absolute atomic E-state index is 12.1. The van der Waals surface area contributed by atoms with Crippen LogP contribution in [0.2, 0.25) is 5.02 Å². The predicted octanol–water partition coefficient (Wildman–Crippen LogP) is 2.24. The summed E-state index contributed by atoms with van der Waals surface area (Å²) in [6.45, 7) is 0.739. The second kappa shape index (κ2) is 8.90. The van der Waals surface area contributed by atoms with E-state index in [1.807, 2.05) is 18.2 Å². The van der Waals surface area contributed by atoms with Crippen LogP contribution in [0.4, 0.5) is 4.79 Å². The number of carbonyl (C=O) groups excluding carboxylic acids is 2. The Labute approximate surface area is 144 Å². The van der Waals surface area contributed by atoms with E-state index in [-0.39, 0.29) is 0 Å². The molecule has 0 aliphatic heterocycles. The Kier molecular flexibility index (Phi) is 6.60. The van der Waals surface area contributed by atoms with Crippen LogP contribution >= 0.6 is 11.6 Å². The Morgan fingerprint density at radius 1 is 1.08 bits per heavy atom. The van der Waals surface area contributed by atoms with Gasteiger partial charge in [-0.15, -0.1) is 0 Å². The van der Waals surface area contributed by atoms with Gasteiger partial charge in [0.2, 0.25) is 5.91 Å². The Hall–Kier alpha value is -2.57. The zero-order chi connectivity index (χ0) is 17.4. The number of carbonyl (C=O) groups is 2. The van der Waals surface area contributed by atoms with Crippen LogP contribution in [0, 0.1) is 0 Å². The minimum absolute atomic E-state index is 0.342. The summed E-state index contributed by atoms with van der Waals surface area (Å²) in [7, 11) is 0. The summed E-state index contributed by atoms with van der Waals surface area (Å²) >= 11 is 5.81. The van der Waals surface area contributed by atoms with Crippen LogP contribution in [-0.2, 0) is 4.79 Å². The van der Waals surface area contributed by atoms with Crippen LogP contribution in [-0.4, -0.2) is 25.1 Å². The Morgan fingerprint density at radius 3 is 2.38 bits per heavy atom. The number of hydrogen-bond donors (Lipinski definition) is 3. The van der Waals surface area contributed by atoms with Crippen molar-refractivity contribution in [1.82, 2.24) is 10.6 Å². The molecule has 0 radical (unpaired) electrons. The summed E-state index contributed by atoms with van der Waals surface area (Å²) in [5.41, 5.74) is 5.74. The number of hydrogen-bond acceptors (Lipinski definition) is 4. The van der Waals surface area contributed by atoms with Gasteiger partial charge in [-0.1, -0.05) is 41.9 Å². The number of amides is 3. The third kappa shape index (κ3) is 5.57. The van der Waals surface area contributed by atoms with E-state index in [0.717, 1.165) is 5.56 Å². The molecule has 0 bridgehead atoms. The van der Waals surface area contributed by atoms with Gasteiger partial charge in [-0.3, -0.25) is 15.4 Å². The lowest BCUT2D eigenvalue weighted by Gasteiger charge is -2.18. The minimum Gasteiger partial charge on any atom is -0.492 e. The molecule has 126 valence electrons. The molecule has 3 amide bonds. The summed E-state index contributed by atoms with van der Waals surface area (Å²) in [6.07, 6.45) is 0. The summed E-state index contributed by atoms with van der Waals surface area (Å²) in [4.78, 5) is 23.0. The highest BCUT2D eigenvalue weighted by atomic mass is 35.5. The molecule has 2 aromatic carbocycles. The molecule has 4 N–H and O–H groups in total. The zero-order valence-corrected chi connectivity index (χ0v) is 13.6. The molecule has 6 nitrogen and oxygen atoms in total. The molecule has 0 saturated heterocycles. The van der Waals surface area contributed by atoms with Gasteiger partial charge in [0.05, 0.1) is 0 Å². The zero-order valence-electron chi connectivity index (χ0n) is 12.9. The van der Waals surface area contributed by atoms with Gasteiger partial charge in [0, 0.05) is 11.6 Å². The van der Waals surface area contributed by atoms with Crippen molar-refractivity contribution < 1.29 is 14.3 Å². The number of rotatable bonds is 7. The lowest BCUT2D eigenvalue weighted by molar-refractivity contribution is -0.122. The first-order chi connectivity index (χ1) is 11.6. The summed E-state index contributed by atoms with van der Waals surface area (Å²) in [5, 5.41) is 5.77. The average molecular weight is 348 g/mol. The summed E-state index contributed by atoms with van der Waals surface area (Å²) in [6, 6.07) is 14.4. The van der Waals surface area contributed by atoms with E-state index in [2.05, 4.69) is 10.6 Å². The van der Waals surface area contributed by atoms with Gasteiger partial charge >= 0.3 is 6.03 Å². The molecule has 2 aromatic rings. The predicted molar refractivity (Wildman–Crippen MR) is 91.9 cm³/mol. The van der Waals surface area contributed by atoms with E-state index in [1.165, 1.54) is 0 Å². The number of halogens is 1. The molecule has 7 heteroatoms. The van der Waals surface area contributed by atoms with Crippen LogP contribution in [0.5, 0.6) is 5.75 Å². The maximum Gasteiger partial charge on any atom is 0.318 e. The molecule has 0 aromatic heterocycles. The van der Waals surface area contributed by atoms with E-state index < -0.39 is 18.0 Å². The van der Waals surface area contributed by atoms with Crippen molar-refractivity contribution in [2.75, 3.05) is 13.2 Å². The number of nitrogens with two attached hydrogens (primary N) is 1. The fourth-order valence-corrected chi connectivity index (χ4v) is 2.23. The maximum atomic E-state index is 12.1. The summed E-state index contributed by atoms with van der Waals surface area (Å²) in [5.74, 6) is 0.166. The highest BCUT2D eigenvalue weighted by Gasteiger charge is 2.20. The van der Waals surface area contributed by atoms with Gasteiger partial charge in [0.15, 0.2) is 0 Å². The van der Waals surface area contributed by atoms with E-state index in [1.54, 1.807) is 36.4 Å². The van der Waals surface area contributed by atoms with Crippen molar-refractivity contribution in [2.24, 2.45) is 5.73 Å². The number of urea groups is 1. The van der Waals surface area contributed by atoms with Crippen LogP contribution in [0.25, 0.3) is 0 Å². The van der Waals surface area contributed by atoms with Crippen molar-refractivity contribution in [1.29, 1.82) is 0 Å². The molecule has 2 rings (SSSR count). The second-order valence-electron chi connectivity index (χ2n) is 4.95. The number of imide groups is 1. The largest absolute Gasteiger partial charge is 0.492 e. The normalized spacial score (nSPS) is 11.5. The lowest BCUT2D eigenvalue weighted by atomic mass is 10.1. The molecule has 1 atom stereocenters. The van der Waals surface area contributed by atoms with E-state index in [0.29, 0.717) is 23.9 Å². The first-order valence-corrected chi connectivity index (χ1v) is 7.71. The van der Waals surface area contributed by atoms with Crippen molar-refractivity contribution in [3.8, 4) is 5.75 Å². The van der Waals surface area contributed by atoms with Gasteiger partial charge in [0.25, 0.3) is 0 Å². The molecule has 0 fully saturated rings. The Morgan fingerprint density at radius 2 is 1.75 bits per heavy atom. The van der Waals surface area contributed by atoms with Gasteiger partial charge < -0.3 is 10.5 Å². The topological polar surface area (TPSA) is 93.5 Å². The number of nitrogens with one attached hydrogen (secondary N) is 2. The molecule has 0 heterocycles. The molecular weight excluding hydrogens is 330 g/mol. The lowest BCUT2D eigenvalue weighted by Crippen LogP contribution is -2.43. The van der Waals surface area contributed by atoms with E-state index >= 15 is 0 Å². The molecule has 0 aliphatic rings. The van der Waals surface area contributed by atoms with E-state index in [4.69, 9.17) is 22.1 Å². The van der Waals surface area contributed by atoms with Crippen molar-refractivity contribution in [3.05, 3.63) is 65.2 Å². The third-order valence-electron chi connectivity index (χ3n) is 3.17. The number of ether oxygens (including phenoxy) is 1. The van der Waals surface area contributed by atoms with Crippen LogP contribution < -0.4 is 21.1 Å². The van der Waals surface area contributed by atoms with Crippen LogP contribution in [0.1, 0.15) is 11.6 Å². The van der Waals surface area contributed by atoms with Crippen molar-refractivity contribution >= 4 is 23.5 Å². The van der Waals surface area contributed by atoms with Crippen LogP contribution in [0.3, 0.4) is 0 Å². The average Bonchev–Trinajstić information content (AvgIpc) is 2.56. The van der Waals surface area contributed by atoms with E-state index in [9.17, 15) is 9.59 Å². The monoisotopic (exact) mass is 347 g/mol. The number of primary amides is 1.